The first kappa shape index (κ1) is 15.2. The molecular weight excluding hydrogens is 242 g/mol. The van der Waals surface area contributed by atoms with Crippen LogP contribution in [0.4, 0.5) is 0 Å². The molecule has 1 aromatic rings. The van der Waals surface area contributed by atoms with E-state index in [0.717, 1.165) is 17.7 Å². The smallest absolute Gasteiger partial charge is 0.243 e. The molecule has 19 heavy (non-hydrogen) atoms. The van der Waals surface area contributed by atoms with Gasteiger partial charge in [-0.05, 0) is 24.1 Å². The number of benzene rings is 1. The van der Waals surface area contributed by atoms with Gasteiger partial charge in [0.25, 0.3) is 0 Å². The number of hydrogen-bond acceptors (Lipinski definition) is 3. The Labute approximate surface area is 114 Å². The van der Waals surface area contributed by atoms with E-state index in [4.69, 9.17) is 4.74 Å². The second kappa shape index (κ2) is 8.29. The highest BCUT2D eigenvalue weighted by molar-refractivity contribution is 5.52. The van der Waals surface area contributed by atoms with Crippen LogP contribution in [0.5, 0.6) is 5.75 Å². The lowest BCUT2D eigenvalue weighted by Crippen LogP contribution is -1.97. The third-order valence-corrected chi connectivity index (χ3v) is 2.79. The minimum atomic E-state index is -0.391. The first-order valence-electron chi connectivity index (χ1n) is 6.69. The van der Waals surface area contributed by atoms with Gasteiger partial charge in [0.05, 0.1) is 11.5 Å². The number of hydrogen-bond donors (Lipinski definition) is 0. The van der Waals surface area contributed by atoms with Gasteiger partial charge in [-0.25, -0.2) is 0 Å². The molecule has 0 aromatic heterocycles. The zero-order valence-corrected chi connectivity index (χ0v) is 11.6. The van der Waals surface area contributed by atoms with E-state index in [9.17, 15) is 10.1 Å². The maximum atomic E-state index is 10.6. The van der Waals surface area contributed by atoms with Gasteiger partial charge in [-0.1, -0.05) is 38.3 Å². The van der Waals surface area contributed by atoms with E-state index < -0.39 is 4.92 Å². The number of rotatable bonds is 8. The van der Waals surface area contributed by atoms with Gasteiger partial charge in [0.15, 0.2) is 0 Å². The van der Waals surface area contributed by atoms with Crippen LogP contribution in [0.3, 0.4) is 0 Å². The van der Waals surface area contributed by atoms with Gasteiger partial charge < -0.3 is 4.74 Å². The van der Waals surface area contributed by atoms with Crippen molar-refractivity contribution in [2.24, 2.45) is 0 Å². The zero-order valence-electron chi connectivity index (χ0n) is 11.6. The van der Waals surface area contributed by atoms with Crippen molar-refractivity contribution in [1.29, 1.82) is 0 Å². The average Bonchev–Trinajstić information content (AvgIpc) is 2.39. The van der Waals surface area contributed by atoms with E-state index in [1.165, 1.54) is 26.2 Å². The predicted molar refractivity (Wildman–Crippen MR) is 76.7 cm³/mol. The van der Waals surface area contributed by atoms with Crippen molar-refractivity contribution in [2.45, 2.75) is 39.5 Å². The summed E-state index contributed by atoms with van der Waals surface area (Å²) in [4.78, 5) is 10.2. The van der Waals surface area contributed by atoms with E-state index >= 15 is 0 Å². The largest absolute Gasteiger partial charge is 0.494 e. The summed E-state index contributed by atoms with van der Waals surface area (Å²) in [5, 5.41) is 10.6. The van der Waals surface area contributed by atoms with Crippen LogP contribution >= 0.6 is 0 Å². The molecule has 0 atom stereocenters. The van der Waals surface area contributed by atoms with Gasteiger partial charge in [-0.3, -0.25) is 10.1 Å². The van der Waals surface area contributed by atoms with Gasteiger partial charge in [0, 0.05) is 13.0 Å². The Bertz CT molecular complexity index is 441. The van der Waals surface area contributed by atoms with Crippen molar-refractivity contribution in [3.05, 3.63) is 45.6 Å². The number of unbranched alkanes of at least 4 members (excludes halogenated alkanes) is 3. The lowest BCUT2D eigenvalue weighted by Gasteiger charge is -2.06. The third kappa shape index (κ3) is 6.04. The molecule has 0 fully saturated rings. The number of ether oxygens (including phenoxy) is 1. The Morgan fingerprint density at radius 1 is 1.37 bits per heavy atom. The Hall–Kier alpha value is -1.84. The summed E-state index contributed by atoms with van der Waals surface area (Å²) in [6, 6.07) is 7.38. The molecule has 4 heteroatoms. The van der Waals surface area contributed by atoms with E-state index in [1.807, 2.05) is 24.3 Å². The van der Waals surface area contributed by atoms with E-state index in [2.05, 4.69) is 6.92 Å². The monoisotopic (exact) mass is 263 g/mol. The van der Waals surface area contributed by atoms with Gasteiger partial charge in [-0.15, -0.1) is 0 Å². The SMILES string of the molecule is CCCCCCOc1cccc(/C=C(\C)[N+](=O)[O-])c1. The Morgan fingerprint density at radius 3 is 2.84 bits per heavy atom. The maximum Gasteiger partial charge on any atom is 0.243 e. The molecule has 0 aliphatic heterocycles. The Kier molecular flexibility index (Phi) is 6.64. The van der Waals surface area contributed by atoms with Crippen LogP contribution in [-0.4, -0.2) is 11.5 Å². The fraction of sp³-hybridized carbons (Fsp3) is 0.467. The van der Waals surface area contributed by atoms with Crippen LogP contribution in [0.25, 0.3) is 6.08 Å². The summed E-state index contributed by atoms with van der Waals surface area (Å²) in [6.45, 7) is 4.36. The highest BCUT2D eigenvalue weighted by atomic mass is 16.6. The van der Waals surface area contributed by atoms with Crippen LogP contribution < -0.4 is 4.74 Å². The van der Waals surface area contributed by atoms with Crippen molar-refractivity contribution in [3.8, 4) is 5.75 Å². The molecule has 1 rings (SSSR count). The van der Waals surface area contributed by atoms with Gasteiger partial charge in [0.2, 0.25) is 5.70 Å². The molecule has 0 heterocycles. The molecule has 4 nitrogen and oxygen atoms in total. The second-order valence-corrected chi connectivity index (χ2v) is 4.52. The lowest BCUT2D eigenvalue weighted by molar-refractivity contribution is -0.422. The Morgan fingerprint density at radius 2 is 2.16 bits per heavy atom. The normalized spacial score (nSPS) is 11.4. The van der Waals surface area contributed by atoms with Gasteiger partial charge >= 0.3 is 0 Å². The quantitative estimate of drug-likeness (QED) is 0.399. The van der Waals surface area contributed by atoms with Crippen molar-refractivity contribution in [1.82, 2.24) is 0 Å². The molecular formula is C15H21NO3. The highest BCUT2D eigenvalue weighted by Gasteiger charge is 2.02. The molecule has 0 amide bonds. The first-order valence-corrected chi connectivity index (χ1v) is 6.69. The second-order valence-electron chi connectivity index (χ2n) is 4.52. The highest BCUT2D eigenvalue weighted by Crippen LogP contribution is 2.16. The molecule has 104 valence electrons. The molecule has 0 aliphatic carbocycles. The van der Waals surface area contributed by atoms with Crippen molar-refractivity contribution in [2.75, 3.05) is 6.61 Å². The minimum Gasteiger partial charge on any atom is -0.494 e. The minimum absolute atomic E-state index is 0.125. The van der Waals surface area contributed by atoms with E-state index in [0.29, 0.717) is 6.61 Å². The summed E-state index contributed by atoms with van der Waals surface area (Å²) >= 11 is 0. The van der Waals surface area contributed by atoms with Crippen molar-refractivity contribution >= 4 is 6.08 Å². The van der Waals surface area contributed by atoms with Gasteiger partial charge in [-0.2, -0.15) is 0 Å². The molecule has 0 aliphatic rings. The Balaban J connectivity index is 2.53. The van der Waals surface area contributed by atoms with E-state index in [-0.39, 0.29) is 5.70 Å². The third-order valence-electron chi connectivity index (χ3n) is 2.79. The molecule has 0 N–H and O–H groups in total. The van der Waals surface area contributed by atoms with Crippen LogP contribution in [0, 0.1) is 10.1 Å². The molecule has 0 unspecified atom stereocenters. The molecule has 0 saturated heterocycles. The maximum absolute atomic E-state index is 10.6. The van der Waals surface area contributed by atoms with E-state index in [1.54, 1.807) is 6.08 Å². The standard InChI is InChI=1S/C15H21NO3/c1-3-4-5-6-10-19-15-9-7-8-14(12-15)11-13(2)16(17)18/h7-9,11-12H,3-6,10H2,1-2H3/b13-11+. The number of allylic oxidation sites excluding steroid dienone is 1. The van der Waals surface area contributed by atoms with Crippen LogP contribution in [0.15, 0.2) is 30.0 Å². The topological polar surface area (TPSA) is 52.4 Å². The summed E-state index contributed by atoms with van der Waals surface area (Å²) < 4.78 is 5.64. The van der Waals surface area contributed by atoms with Gasteiger partial charge in [0.1, 0.15) is 5.75 Å². The first-order chi connectivity index (χ1) is 9.13. The zero-order chi connectivity index (χ0) is 14.1. The molecule has 0 saturated carbocycles. The fourth-order valence-electron chi connectivity index (χ4n) is 1.71. The molecule has 0 spiro atoms. The lowest BCUT2D eigenvalue weighted by atomic mass is 10.2. The summed E-state index contributed by atoms with van der Waals surface area (Å²) in [5.74, 6) is 0.765. The molecule has 1 aromatic carbocycles. The van der Waals surface area contributed by atoms with Crippen molar-refractivity contribution in [3.63, 3.8) is 0 Å². The van der Waals surface area contributed by atoms with Crippen LogP contribution in [0.2, 0.25) is 0 Å². The summed E-state index contributed by atoms with van der Waals surface area (Å²) in [7, 11) is 0. The molecule has 0 radical (unpaired) electrons. The molecule has 0 bridgehead atoms. The number of nitrogens with zero attached hydrogens (tertiary/aromatic N) is 1. The number of nitro groups is 1. The van der Waals surface area contributed by atoms with Crippen LogP contribution in [-0.2, 0) is 0 Å². The average molecular weight is 263 g/mol. The summed E-state index contributed by atoms with van der Waals surface area (Å²) in [5.41, 5.74) is 0.917. The summed E-state index contributed by atoms with van der Waals surface area (Å²) in [6.07, 6.45) is 6.21. The van der Waals surface area contributed by atoms with Crippen LogP contribution in [0.1, 0.15) is 45.1 Å². The fourth-order valence-corrected chi connectivity index (χ4v) is 1.71. The van der Waals surface area contributed by atoms with Crippen molar-refractivity contribution < 1.29 is 9.66 Å². The predicted octanol–water partition coefficient (Wildman–Crippen LogP) is 4.28.